The molecule has 1 aromatic heterocycles. The Morgan fingerprint density at radius 2 is 2.08 bits per heavy atom. The molecule has 1 unspecified atom stereocenters. The van der Waals surface area contributed by atoms with Crippen LogP contribution in [0.2, 0.25) is 0 Å². The normalized spacial score (nSPS) is 16.8. The van der Waals surface area contributed by atoms with Gasteiger partial charge in [0.15, 0.2) is 0 Å². The molecule has 2 heterocycles. The van der Waals surface area contributed by atoms with Crippen LogP contribution < -0.4 is 10.6 Å². The van der Waals surface area contributed by atoms with Crippen molar-refractivity contribution in [2.45, 2.75) is 19.0 Å². The molecule has 3 N–H and O–H groups in total. The van der Waals surface area contributed by atoms with Crippen molar-refractivity contribution in [3.8, 4) is 0 Å². The zero-order valence-electron chi connectivity index (χ0n) is 14.1. The van der Waals surface area contributed by atoms with Crippen molar-refractivity contribution < 1.29 is 9.59 Å². The minimum absolute atomic E-state index is 0.0537. The predicted molar refractivity (Wildman–Crippen MR) is 98.5 cm³/mol. The number of nitrogens with zero attached hydrogens (tertiary/aromatic N) is 2. The van der Waals surface area contributed by atoms with Crippen LogP contribution in [0, 0.1) is 0 Å². The monoisotopic (exact) mass is 349 g/mol. The van der Waals surface area contributed by atoms with Gasteiger partial charge in [-0.15, -0.1) is 0 Å². The van der Waals surface area contributed by atoms with E-state index in [9.17, 15) is 9.59 Å². The van der Waals surface area contributed by atoms with Crippen molar-refractivity contribution in [1.29, 1.82) is 0 Å². The zero-order valence-corrected chi connectivity index (χ0v) is 14.1. The van der Waals surface area contributed by atoms with Crippen molar-refractivity contribution in [3.63, 3.8) is 0 Å². The number of hydrogen-bond donors (Lipinski definition) is 3. The highest BCUT2D eigenvalue weighted by Crippen LogP contribution is 2.18. The molecule has 1 atom stereocenters. The second-order valence-electron chi connectivity index (χ2n) is 6.43. The number of aromatic nitrogens is 2. The van der Waals surface area contributed by atoms with Crippen LogP contribution in [0.3, 0.4) is 0 Å². The number of carbonyl (C=O) groups excluding carboxylic acids is 2. The standard InChI is InChI=1S/C19H19N5O2/c25-18-9-16(12-24(18)11-13-4-2-1-3-5-13)22-19(26)21-15-7-6-14-10-20-23-17(14)8-15/h1-8,10,16H,9,11-12H2,(H,20,23)(H2,21,22,26). The molecule has 1 saturated heterocycles. The molecule has 0 radical (unpaired) electrons. The summed E-state index contributed by atoms with van der Waals surface area (Å²) in [5.41, 5.74) is 2.61. The van der Waals surface area contributed by atoms with E-state index in [4.69, 9.17) is 0 Å². The van der Waals surface area contributed by atoms with E-state index in [0.29, 0.717) is 25.2 Å². The summed E-state index contributed by atoms with van der Waals surface area (Å²) < 4.78 is 0. The molecule has 4 rings (SSSR count). The van der Waals surface area contributed by atoms with E-state index in [1.165, 1.54) is 0 Å². The lowest BCUT2D eigenvalue weighted by atomic mass is 10.2. The number of carbonyl (C=O) groups is 2. The van der Waals surface area contributed by atoms with E-state index >= 15 is 0 Å². The quantitative estimate of drug-likeness (QED) is 0.676. The molecule has 1 aliphatic rings. The largest absolute Gasteiger partial charge is 0.336 e. The Morgan fingerprint density at radius 3 is 2.92 bits per heavy atom. The second-order valence-corrected chi connectivity index (χ2v) is 6.43. The Kier molecular flexibility index (Phi) is 4.27. The number of urea groups is 1. The molecule has 0 aliphatic carbocycles. The van der Waals surface area contributed by atoms with Gasteiger partial charge in [0.05, 0.1) is 17.8 Å². The van der Waals surface area contributed by atoms with Crippen molar-refractivity contribution in [1.82, 2.24) is 20.4 Å². The third-order valence-electron chi connectivity index (χ3n) is 4.47. The van der Waals surface area contributed by atoms with Crippen molar-refractivity contribution in [3.05, 3.63) is 60.3 Å². The van der Waals surface area contributed by atoms with Crippen LogP contribution >= 0.6 is 0 Å². The van der Waals surface area contributed by atoms with Crippen LogP contribution in [-0.2, 0) is 11.3 Å². The summed E-state index contributed by atoms with van der Waals surface area (Å²) in [5.74, 6) is 0.0537. The summed E-state index contributed by atoms with van der Waals surface area (Å²) >= 11 is 0. The predicted octanol–water partition coefficient (Wildman–Crippen LogP) is 2.49. The highest BCUT2D eigenvalue weighted by atomic mass is 16.2. The number of H-pyrrole nitrogens is 1. The fraction of sp³-hybridized carbons (Fsp3) is 0.211. The van der Waals surface area contributed by atoms with Gasteiger partial charge in [0, 0.05) is 30.6 Å². The summed E-state index contributed by atoms with van der Waals surface area (Å²) in [4.78, 5) is 26.2. The summed E-state index contributed by atoms with van der Waals surface area (Å²) in [5, 5.41) is 13.5. The Labute approximate surface area is 150 Å². The van der Waals surface area contributed by atoms with E-state index in [0.717, 1.165) is 16.5 Å². The number of hydrogen-bond acceptors (Lipinski definition) is 3. The van der Waals surface area contributed by atoms with E-state index in [2.05, 4.69) is 20.8 Å². The molecule has 0 bridgehead atoms. The highest BCUT2D eigenvalue weighted by Gasteiger charge is 2.30. The molecule has 132 valence electrons. The lowest BCUT2D eigenvalue weighted by molar-refractivity contribution is -0.128. The number of fused-ring (bicyclic) bond motifs is 1. The number of amides is 3. The Balaban J connectivity index is 1.33. The van der Waals surface area contributed by atoms with Crippen LogP contribution in [0.1, 0.15) is 12.0 Å². The minimum Gasteiger partial charge on any atom is -0.336 e. The minimum atomic E-state index is -0.316. The molecule has 0 saturated carbocycles. The topological polar surface area (TPSA) is 90.1 Å². The van der Waals surface area contributed by atoms with Crippen LogP contribution in [0.4, 0.5) is 10.5 Å². The van der Waals surface area contributed by atoms with Gasteiger partial charge in [0.1, 0.15) is 0 Å². The maximum Gasteiger partial charge on any atom is 0.319 e. The first-order valence-corrected chi connectivity index (χ1v) is 8.50. The zero-order chi connectivity index (χ0) is 17.9. The van der Waals surface area contributed by atoms with Gasteiger partial charge in [0.25, 0.3) is 0 Å². The molecular weight excluding hydrogens is 330 g/mol. The molecule has 7 heteroatoms. The maximum atomic E-state index is 12.2. The lowest BCUT2D eigenvalue weighted by Crippen LogP contribution is -2.39. The molecule has 1 fully saturated rings. The molecule has 2 aromatic carbocycles. The summed E-state index contributed by atoms with van der Waals surface area (Å²) in [6, 6.07) is 14.9. The SMILES string of the molecule is O=C(Nc1ccc2cn[nH]c2c1)NC1CC(=O)N(Cc2ccccc2)C1. The second kappa shape index (κ2) is 6.87. The first-order valence-electron chi connectivity index (χ1n) is 8.50. The number of anilines is 1. The fourth-order valence-electron chi connectivity index (χ4n) is 3.19. The molecule has 3 aromatic rings. The first kappa shape index (κ1) is 16.1. The summed E-state index contributed by atoms with van der Waals surface area (Å²) in [6.45, 7) is 1.08. The van der Waals surface area contributed by atoms with Crippen LogP contribution in [-0.4, -0.2) is 39.6 Å². The fourth-order valence-corrected chi connectivity index (χ4v) is 3.19. The summed E-state index contributed by atoms with van der Waals surface area (Å²) in [7, 11) is 0. The number of aromatic amines is 1. The van der Waals surface area contributed by atoms with Crippen LogP contribution in [0.25, 0.3) is 10.9 Å². The van der Waals surface area contributed by atoms with E-state index in [-0.39, 0.29) is 18.0 Å². The number of nitrogens with one attached hydrogen (secondary N) is 3. The van der Waals surface area contributed by atoms with Gasteiger partial charge in [-0.3, -0.25) is 9.89 Å². The van der Waals surface area contributed by atoms with E-state index in [1.54, 1.807) is 11.1 Å². The molecule has 3 amide bonds. The van der Waals surface area contributed by atoms with Crippen LogP contribution in [0.15, 0.2) is 54.7 Å². The Hall–Kier alpha value is -3.35. The van der Waals surface area contributed by atoms with Gasteiger partial charge >= 0.3 is 6.03 Å². The lowest BCUT2D eigenvalue weighted by Gasteiger charge is -2.17. The first-order chi connectivity index (χ1) is 12.7. The highest BCUT2D eigenvalue weighted by molar-refractivity contribution is 5.93. The van der Waals surface area contributed by atoms with Gasteiger partial charge in [0.2, 0.25) is 5.91 Å². The van der Waals surface area contributed by atoms with E-state index in [1.807, 2.05) is 48.5 Å². The Morgan fingerprint density at radius 1 is 1.23 bits per heavy atom. The van der Waals surface area contributed by atoms with Gasteiger partial charge in [-0.25, -0.2) is 4.79 Å². The number of likely N-dealkylation sites (tertiary alicyclic amines) is 1. The van der Waals surface area contributed by atoms with Gasteiger partial charge < -0.3 is 15.5 Å². The average Bonchev–Trinajstić information content (AvgIpc) is 3.22. The third kappa shape index (κ3) is 3.51. The van der Waals surface area contributed by atoms with E-state index < -0.39 is 0 Å². The van der Waals surface area contributed by atoms with Gasteiger partial charge in [-0.1, -0.05) is 30.3 Å². The molecule has 1 aliphatic heterocycles. The number of benzene rings is 2. The summed E-state index contributed by atoms with van der Waals surface area (Å²) in [6.07, 6.45) is 2.05. The smallest absolute Gasteiger partial charge is 0.319 e. The molecule has 26 heavy (non-hydrogen) atoms. The van der Waals surface area contributed by atoms with Crippen LogP contribution in [0.5, 0.6) is 0 Å². The third-order valence-corrected chi connectivity index (χ3v) is 4.47. The Bertz CT molecular complexity index is 937. The molecule has 7 nitrogen and oxygen atoms in total. The van der Waals surface area contributed by atoms with Gasteiger partial charge in [-0.05, 0) is 23.8 Å². The van der Waals surface area contributed by atoms with Crippen molar-refractivity contribution in [2.75, 3.05) is 11.9 Å². The number of rotatable bonds is 4. The van der Waals surface area contributed by atoms with Gasteiger partial charge in [-0.2, -0.15) is 5.10 Å². The maximum absolute atomic E-state index is 12.2. The van der Waals surface area contributed by atoms with Crippen molar-refractivity contribution in [2.24, 2.45) is 0 Å². The van der Waals surface area contributed by atoms with Crippen molar-refractivity contribution >= 4 is 28.5 Å². The molecule has 0 spiro atoms. The molecular formula is C19H19N5O2. The average molecular weight is 349 g/mol.